The minimum atomic E-state index is -4.36. The van der Waals surface area contributed by atoms with Gasteiger partial charge in [-0.05, 0) is 59.7 Å². The van der Waals surface area contributed by atoms with Gasteiger partial charge in [0.25, 0.3) is 0 Å². The predicted octanol–water partition coefficient (Wildman–Crippen LogP) is 6.50. The van der Waals surface area contributed by atoms with E-state index in [0.717, 1.165) is 83.6 Å². The molecule has 0 saturated carbocycles. The van der Waals surface area contributed by atoms with Crippen LogP contribution in [0.25, 0.3) is 11.1 Å². The molecule has 1 aromatic heterocycles. The van der Waals surface area contributed by atoms with Gasteiger partial charge in [-0.15, -0.1) is 5.10 Å². The fraction of sp³-hybridized carbons (Fsp3) is 0.478. The van der Waals surface area contributed by atoms with Gasteiger partial charge in [-0.2, -0.15) is 18.3 Å². The molecule has 0 atom stereocenters. The smallest absolute Gasteiger partial charge is 0.256 e. The molecular weight excluding hydrogens is 389 g/mol. The number of aryl methyl sites for hydroxylation is 1. The number of aromatic nitrogens is 1. The van der Waals surface area contributed by atoms with Crippen molar-refractivity contribution in [2.75, 3.05) is 6.54 Å². The van der Waals surface area contributed by atoms with Gasteiger partial charge in [0, 0.05) is 16.7 Å². The molecule has 1 aromatic carbocycles. The number of halogens is 3. The maximum absolute atomic E-state index is 13.1. The monoisotopic (exact) mass is 414 g/mol. The van der Waals surface area contributed by atoms with Crippen molar-refractivity contribution < 1.29 is 13.2 Å². The van der Waals surface area contributed by atoms with Gasteiger partial charge in [-0.25, -0.2) is 0 Å². The Bertz CT molecular complexity index is 1010. The van der Waals surface area contributed by atoms with Crippen LogP contribution in [0.2, 0.25) is 0 Å². The number of hydrogen-bond donors (Lipinski definition) is 0. The van der Waals surface area contributed by atoms with Crippen molar-refractivity contribution in [2.24, 2.45) is 15.4 Å². The molecule has 2 heterocycles. The van der Waals surface area contributed by atoms with Crippen LogP contribution in [0.5, 0.6) is 0 Å². The molecule has 158 valence electrons. The summed E-state index contributed by atoms with van der Waals surface area (Å²) in [5.74, 6) is 0. The van der Waals surface area contributed by atoms with E-state index in [4.69, 9.17) is 4.98 Å². The van der Waals surface area contributed by atoms with E-state index in [2.05, 4.69) is 36.2 Å². The van der Waals surface area contributed by atoms with E-state index in [1.165, 1.54) is 0 Å². The molecule has 4 nitrogen and oxygen atoms in total. The second-order valence-electron chi connectivity index (χ2n) is 8.96. The van der Waals surface area contributed by atoms with Gasteiger partial charge in [-0.3, -0.25) is 4.98 Å². The van der Waals surface area contributed by atoms with Crippen molar-refractivity contribution in [1.29, 1.82) is 0 Å². The highest BCUT2D eigenvalue weighted by Gasteiger charge is 2.33. The van der Waals surface area contributed by atoms with Crippen molar-refractivity contribution in [3.8, 4) is 11.1 Å². The van der Waals surface area contributed by atoms with Gasteiger partial charge in [0.1, 0.15) is 6.54 Å². The van der Waals surface area contributed by atoms with Crippen LogP contribution in [-0.2, 0) is 24.4 Å². The van der Waals surface area contributed by atoms with Crippen molar-refractivity contribution in [3.05, 3.63) is 52.3 Å². The van der Waals surface area contributed by atoms with E-state index >= 15 is 0 Å². The van der Waals surface area contributed by atoms with Gasteiger partial charge in [0.2, 0.25) is 0 Å². The predicted molar refractivity (Wildman–Crippen MR) is 111 cm³/mol. The molecule has 30 heavy (non-hydrogen) atoms. The molecule has 0 saturated heterocycles. The van der Waals surface area contributed by atoms with Crippen LogP contribution in [0.15, 0.2) is 39.7 Å². The average molecular weight is 414 g/mol. The second-order valence-corrected chi connectivity index (χ2v) is 8.96. The Morgan fingerprint density at radius 2 is 1.57 bits per heavy atom. The molecule has 0 fully saturated rings. The van der Waals surface area contributed by atoms with Crippen LogP contribution in [0, 0.1) is 0 Å². The van der Waals surface area contributed by atoms with Gasteiger partial charge in [0.05, 0.1) is 17.0 Å². The SMILES string of the molecule is CC(C)(C)c1nc2c(c(-c3ccc(C(F)(F)F)cc3)c1C1=NN=NC1)CCCCC2. The van der Waals surface area contributed by atoms with Crippen LogP contribution in [0.4, 0.5) is 13.2 Å². The van der Waals surface area contributed by atoms with Gasteiger partial charge >= 0.3 is 6.18 Å². The van der Waals surface area contributed by atoms with E-state index in [-0.39, 0.29) is 5.41 Å². The van der Waals surface area contributed by atoms with E-state index in [1.807, 2.05) is 0 Å². The highest BCUT2D eigenvalue weighted by molar-refractivity contribution is 6.09. The Labute approximate surface area is 174 Å². The van der Waals surface area contributed by atoms with Gasteiger partial charge in [-0.1, -0.05) is 39.3 Å². The largest absolute Gasteiger partial charge is 0.416 e. The summed E-state index contributed by atoms with van der Waals surface area (Å²) in [4.78, 5) is 5.09. The molecule has 4 rings (SSSR count). The minimum absolute atomic E-state index is 0.261. The number of hydrogen-bond acceptors (Lipinski definition) is 4. The number of pyridine rings is 1. The third kappa shape index (κ3) is 3.89. The highest BCUT2D eigenvalue weighted by Crippen LogP contribution is 2.40. The minimum Gasteiger partial charge on any atom is -0.256 e. The molecule has 0 N–H and O–H groups in total. The second kappa shape index (κ2) is 7.60. The fourth-order valence-corrected chi connectivity index (χ4v) is 4.23. The zero-order valence-electron chi connectivity index (χ0n) is 17.5. The van der Waals surface area contributed by atoms with Crippen molar-refractivity contribution in [3.63, 3.8) is 0 Å². The van der Waals surface area contributed by atoms with Crippen LogP contribution in [-0.4, -0.2) is 17.2 Å². The van der Waals surface area contributed by atoms with E-state index in [0.29, 0.717) is 6.54 Å². The number of fused-ring (bicyclic) bond motifs is 1. The lowest BCUT2D eigenvalue weighted by Crippen LogP contribution is -2.23. The van der Waals surface area contributed by atoms with Crippen LogP contribution < -0.4 is 0 Å². The molecule has 0 spiro atoms. The summed E-state index contributed by atoms with van der Waals surface area (Å²) in [6, 6.07) is 5.46. The topological polar surface area (TPSA) is 50.0 Å². The lowest BCUT2D eigenvalue weighted by molar-refractivity contribution is -0.137. The number of rotatable bonds is 2. The summed E-state index contributed by atoms with van der Waals surface area (Å²) in [6.45, 7) is 6.66. The number of nitrogens with zero attached hydrogens (tertiary/aromatic N) is 4. The Kier molecular flexibility index (Phi) is 5.24. The third-order valence-corrected chi connectivity index (χ3v) is 5.67. The third-order valence-electron chi connectivity index (χ3n) is 5.67. The summed E-state index contributed by atoms with van der Waals surface area (Å²) in [6.07, 6.45) is 0.610. The molecule has 1 aliphatic heterocycles. The van der Waals surface area contributed by atoms with E-state index in [1.54, 1.807) is 12.1 Å². The Morgan fingerprint density at radius 3 is 2.17 bits per heavy atom. The van der Waals surface area contributed by atoms with Crippen LogP contribution in [0.1, 0.15) is 68.1 Å². The first-order valence-corrected chi connectivity index (χ1v) is 10.3. The van der Waals surface area contributed by atoms with Gasteiger partial charge < -0.3 is 0 Å². The molecule has 0 amide bonds. The molecule has 0 unspecified atom stereocenters. The first kappa shape index (κ1) is 20.7. The summed E-state index contributed by atoms with van der Waals surface area (Å²) in [5, 5.41) is 12.1. The standard InChI is InChI=1S/C23H25F3N4/c1-22(2,3)21-20(18-13-27-30-29-18)19(16-7-5-4-6-8-17(16)28-21)14-9-11-15(12-10-14)23(24,25)26/h9-12H,4-8,13H2,1-3H3. The molecule has 2 aromatic rings. The van der Waals surface area contributed by atoms with Gasteiger partial charge in [0.15, 0.2) is 0 Å². The lowest BCUT2D eigenvalue weighted by Gasteiger charge is -2.27. The number of benzene rings is 1. The highest BCUT2D eigenvalue weighted by atomic mass is 19.4. The normalized spacial score (nSPS) is 16.9. The first-order valence-electron chi connectivity index (χ1n) is 10.3. The molecule has 1 aliphatic carbocycles. The Balaban J connectivity index is 2.01. The summed E-state index contributed by atoms with van der Waals surface area (Å²) in [5.41, 5.74) is 5.51. The molecular formula is C23H25F3N4. The summed E-state index contributed by atoms with van der Waals surface area (Å²) >= 11 is 0. The number of alkyl halides is 3. The maximum Gasteiger partial charge on any atom is 0.416 e. The van der Waals surface area contributed by atoms with E-state index in [9.17, 15) is 13.2 Å². The summed E-state index contributed by atoms with van der Waals surface area (Å²) in [7, 11) is 0. The average Bonchev–Trinajstić information content (AvgIpc) is 3.10. The molecule has 7 heteroatoms. The lowest BCUT2D eigenvalue weighted by atomic mass is 9.80. The van der Waals surface area contributed by atoms with Crippen molar-refractivity contribution >= 4 is 5.71 Å². The van der Waals surface area contributed by atoms with Crippen LogP contribution >= 0.6 is 0 Å². The quantitative estimate of drug-likeness (QED) is 0.517. The van der Waals surface area contributed by atoms with Crippen molar-refractivity contribution in [1.82, 2.24) is 4.98 Å². The Hall–Kier alpha value is -2.57. The molecule has 2 aliphatic rings. The zero-order chi connectivity index (χ0) is 21.5. The first-order chi connectivity index (χ1) is 14.2. The summed E-state index contributed by atoms with van der Waals surface area (Å²) < 4.78 is 39.4. The molecule has 0 radical (unpaired) electrons. The van der Waals surface area contributed by atoms with Crippen LogP contribution in [0.3, 0.4) is 0 Å². The maximum atomic E-state index is 13.1. The van der Waals surface area contributed by atoms with E-state index < -0.39 is 11.7 Å². The Morgan fingerprint density at radius 1 is 0.867 bits per heavy atom. The fourth-order valence-electron chi connectivity index (χ4n) is 4.23. The zero-order valence-corrected chi connectivity index (χ0v) is 17.5. The molecule has 0 bridgehead atoms. The van der Waals surface area contributed by atoms with Crippen molar-refractivity contribution in [2.45, 2.75) is 64.5 Å².